The number of aryl methyl sites for hydroxylation is 1. The molecule has 86 valence electrons. The smallest absolute Gasteiger partial charge is 0.254 e. The molecule has 1 heterocycles. The lowest BCUT2D eigenvalue weighted by molar-refractivity contribution is 0.0792. The summed E-state index contributed by atoms with van der Waals surface area (Å²) in [6.45, 7) is 3.47. The summed E-state index contributed by atoms with van der Waals surface area (Å²) in [5.74, 6) is 0.108. The fourth-order valence-electron chi connectivity index (χ4n) is 1.89. The van der Waals surface area contributed by atoms with Gasteiger partial charge in [-0.25, -0.2) is 0 Å². The molecule has 0 spiro atoms. The topological polar surface area (TPSA) is 20.3 Å². The molecule has 1 atom stereocenters. The third-order valence-electron chi connectivity index (χ3n) is 2.84. The Morgan fingerprint density at radius 3 is 2.94 bits per heavy atom. The molecule has 0 N–H and O–H groups in total. The van der Waals surface area contributed by atoms with E-state index in [9.17, 15) is 4.79 Å². The second-order valence-corrected chi connectivity index (χ2v) is 5.77. The maximum Gasteiger partial charge on any atom is 0.254 e. The fraction of sp³-hybridized carbons (Fsp3) is 0.417. The maximum atomic E-state index is 12.2. The lowest BCUT2D eigenvalue weighted by Gasteiger charge is -2.17. The second-order valence-electron chi connectivity index (χ2n) is 4.07. The molecule has 1 fully saturated rings. The van der Waals surface area contributed by atoms with E-state index >= 15 is 0 Å². The van der Waals surface area contributed by atoms with Crippen LogP contribution in [0, 0.1) is 10.5 Å². The summed E-state index contributed by atoms with van der Waals surface area (Å²) in [6, 6.07) is 5.84. The van der Waals surface area contributed by atoms with Gasteiger partial charge in [0.2, 0.25) is 0 Å². The molecule has 4 heteroatoms. The molecule has 0 aliphatic carbocycles. The Bertz CT molecular complexity index is 421. The molecular weight excluding hydrogens is 336 g/mol. The Kier molecular flexibility index (Phi) is 3.74. The van der Waals surface area contributed by atoms with Crippen molar-refractivity contribution in [3.8, 4) is 0 Å². The zero-order valence-electron chi connectivity index (χ0n) is 9.04. The van der Waals surface area contributed by atoms with Crippen LogP contribution in [0.15, 0.2) is 18.2 Å². The number of halogens is 2. The molecule has 1 unspecified atom stereocenters. The van der Waals surface area contributed by atoms with Gasteiger partial charge in [0.1, 0.15) is 0 Å². The van der Waals surface area contributed by atoms with Crippen molar-refractivity contribution in [1.82, 2.24) is 4.90 Å². The summed E-state index contributed by atoms with van der Waals surface area (Å²) in [5.41, 5.74) is 1.94. The molecule has 16 heavy (non-hydrogen) atoms. The lowest BCUT2D eigenvalue weighted by Crippen LogP contribution is -2.29. The first-order valence-corrected chi connectivity index (χ1v) is 6.79. The Morgan fingerprint density at radius 1 is 1.56 bits per heavy atom. The Morgan fingerprint density at radius 2 is 2.31 bits per heavy atom. The molecule has 2 rings (SSSR count). The molecule has 0 saturated carbocycles. The minimum absolute atomic E-state index is 0.108. The van der Waals surface area contributed by atoms with E-state index in [1.807, 2.05) is 30.0 Å². The van der Waals surface area contributed by atoms with Crippen LogP contribution in [0.4, 0.5) is 0 Å². The summed E-state index contributed by atoms with van der Waals surface area (Å²) in [7, 11) is 0. The molecule has 1 aliphatic heterocycles. The molecule has 1 aromatic carbocycles. The summed E-state index contributed by atoms with van der Waals surface area (Å²) in [5, 5.41) is 0.117. The van der Waals surface area contributed by atoms with Crippen LogP contribution in [0.3, 0.4) is 0 Å². The molecule has 0 radical (unpaired) electrons. The molecule has 1 saturated heterocycles. The van der Waals surface area contributed by atoms with Crippen molar-refractivity contribution in [3.05, 3.63) is 32.9 Å². The normalized spacial score (nSPS) is 20.2. The molecular formula is C12H13ClINO. The number of carbonyl (C=O) groups excluding carboxylic acids is 1. The third kappa shape index (κ3) is 2.35. The van der Waals surface area contributed by atoms with Crippen molar-refractivity contribution in [2.75, 3.05) is 13.1 Å². The Labute approximate surface area is 114 Å². The van der Waals surface area contributed by atoms with E-state index in [0.717, 1.165) is 27.7 Å². The van der Waals surface area contributed by atoms with Crippen LogP contribution >= 0.6 is 34.2 Å². The summed E-state index contributed by atoms with van der Waals surface area (Å²) in [6.07, 6.45) is 0.899. The largest absolute Gasteiger partial charge is 0.337 e. The van der Waals surface area contributed by atoms with E-state index < -0.39 is 0 Å². The Hall–Kier alpha value is -0.290. The predicted molar refractivity (Wildman–Crippen MR) is 74.1 cm³/mol. The van der Waals surface area contributed by atoms with E-state index in [0.29, 0.717) is 6.54 Å². The van der Waals surface area contributed by atoms with E-state index in [-0.39, 0.29) is 11.3 Å². The maximum absolute atomic E-state index is 12.2. The van der Waals surface area contributed by atoms with Crippen LogP contribution < -0.4 is 0 Å². The minimum Gasteiger partial charge on any atom is -0.337 e. The molecule has 1 aromatic rings. The first-order chi connectivity index (χ1) is 7.59. The van der Waals surface area contributed by atoms with Gasteiger partial charge in [-0.2, -0.15) is 0 Å². The van der Waals surface area contributed by atoms with Gasteiger partial charge in [0.15, 0.2) is 0 Å². The third-order valence-corrected chi connectivity index (χ3v) is 4.63. The molecule has 2 nitrogen and oxygen atoms in total. The highest BCUT2D eigenvalue weighted by Crippen LogP contribution is 2.22. The van der Waals surface area contributed by atoms with E-state index in [1.54, 1.807) is 0 Å². The monoisotopic (exact) mass is 349 g/mol. The van der Waals surface area contributed by atoms with Gasteiger partial charge in [-0.05, 0) is 47.6 Å². The van der Waals surface area contributed by atoms with Crippen molar-refractivity contribution >= 4 is 40.1 Å². The van der Waals surface area contributed by atoms with Crippen LogP contribution in [-0.4, -0.2) is 29.3 Å². The van der Waals surface area contributed by atoms with Crippen LogP contribution in [0.2, 0.25) is 0 Å². The van der Waals surface area contributed by atoms with Crippen molar-refractivity contribution in [2.45, 2.75) is 18.7 Å². The number of hydrogen-bond donors (Lipinski definition) is 0. The lowest BCUT2D eigenvalue weighted by atomic mass is 10.1. The number of hydrogen-bond acceptors (Lipinski definition) is 1. The number of carbonyl (C=O) groups is 1. The molecule has 1 amide bonds. The van der Waals surface area contributed by atoms with E-state index in [1.165, 1.54) is 0 Å². The van der Waals surface area contributed by atoms with Gasteiger partial charge in [0.25, 0.3) is 5.91 Å². The summed E-state index contributed by atoms with van der Waals surface area (Å²) < 4.78 is 1.04. The van der Waals surface area contributed by atoms with Crippen LogP contribution in [-0.2, 0) is 0 Å². The van der Waals surface area contributed by atoms with Crippen molar-refractivity contribution < 1.29 is 4.79 Å². The summed E-state index contributed by atoms with van der Waals surface area (Å²) >= 11 is 8.25. The van der Waals surface area contributed by atoms with Gasteiger partial charge in [-0.15, -0.1) is 11.6 Å². The molecule has 0 bridgehead atoms. The average molecular weight is 350 g/mol. The number of benzene rings is 1. The second kappa shape index (κ2) is 4.92. The highest BCUT2D eigenvalue weighted by atomic mass is 127. The van der Waals surface area contributed by atoms with Crippen molar-refractivity contribution in [1.29, 1.82) is 0 Å². The van der Waals surface area contributed by atoms with Crippen molar-refractivity contribution in [3.63, 3.8) is 0 Å². The van der Waals surface area contributed by atoms with Gasteiger partial charge in [-0.1, -0.05) is 12.1 Å². The number of rotatable bonds is 1. The first-order valence-electron chi connectivity index (χ1n) is 5.28. The first kappa shape index (κ1) is 12.2. The standard InChI is InChI=1S/C12H13ClINO/c1-8-3-2-4-10(11(8)14)12(16)15-6-5-9(13)7-15/h2-4,9H,5-7H2,1H3. The number of nitrogens with zero attached hydrogens (tertiary/aromatic N) is 1. The molecule has 0 aromatic heterocycles. The van der Waals surface area contributed by atoms with Gasteiger partial charge < -0.3 is 4.90 Å². The average Bonchev–Trinajstić information content (AvgIpc) is 2.68. The van der Waals surface area contributed by atoms with Gasteiger partial charge in [0, 0.05) is 16.7 Å². The SMILES string of the molecule is Cc1cccc(C(=O)N2CCC(Cl)C2)c1I. The quantitative estimate of drug-likeness (QED) is 0.564. The van der Waals surface area contributed by atoms with Crippen LogP contribution in [0.5, 0.6) is 0 Å². The molecule has 1 aliphatic rings. The van der Waals surface area contributed by atoms with Crippen LogP contribution in [0.1, 0.15) is 22.3 Å². The number of likely N-dealkylation sites (tertiary alicyclic amines) is 1. The zero-order valence-corrected chi connectivity index (χ0v) is 12.0. The van der Waals surface area contributed by atoms with Gasteiger partial charge in [0.05, 0.1) is 10.9 Å². The van der Waals surface area contributed by atoms with E-state index in [2.05, 4.69) is 22.6 Å². The predicted octanol–water partition coefficient (Wildman–Crippen LogP) is 3.05. The zero-order chi connectivity index (χ0) is 11.7. The highest BCUT2D eigenvalue weighted by Gasteiger charge is 2.26. The van der Waals surface area contributed by atoms with Crippen molar-refractivity contribution in [2.24, 2.45) is 0 Å². The highest BCUT2D eigenvalue weighted by molar-refractivity contribution is 14.1. The Balaban J connectivity index is 2.24. The van der Waals surface area contributed by atoms with Gasteiger partial charge >= 0.3 is 0 Å². The van der Waals surface area contributed by atoms with E-state index in [4.69, 9.17) is 11.6 Å². The summed E-state index contributed by atoms with van der Waals surface area (Å²) in [4.78, 5) is 14.1. The number of alkyl halides is 1. The fourth-order valence-corrected chi connectivity index (χ4v) is 2.74. The van der Waals surface area contributed by atoms with Gasteiger partial charge in [-0.3, -0.25) is 4.79 Å². The van der Waals surface area contributed by atoms with Crippen LogP contribution in [0.25, 0.3) is 0 Å². The minimum atomic E-state index is 0.108. The number of amides is 1.